The van der Waals surface area contributed by atoms with Crippen LogP contribution in [0.5, 0.6) is 0 Å². The van der Waals surface area contributed by atoms with Gasteiger partial charge in [-0.1, -0.05) is 6.42 Å². The van der Waals surface area contributed by atoms with E-state index in [1.165, 1.54) is 25.8 Å². The first-order valence-corrected chi connectivity index (χ1v) is 8.74. The van der Waals surface area contributed by atoms with Gasteiger partial charge in [-0.15, -0.1) is 0 Å². The summed E-state index contributed by atoms with van der Waals surface area (Å²) in [6, 6.07) is 0.750. The lowest BCUT2D eigenvalue weighted by molar-refractivity contribution is 0.0252. The Labute approximate surface area is 140 Å². The zero-order valence-electron chi connectivity index (χ0n) is 15.3. The molecule has 2 fully saturated rings. The second-order valence-corrected chi connectivity index (χ2v) is 7.80. The lowest BCUT2D eigenvalue weighted by Crippen LogP contribution is -2.49. The van der Waals surface area contributed by atoms with Crippen molar-refractivity contribution in [2.75, 3.05) is 40.3 Å². The molecule has 0 saturated carbocycles. The second kappa shape index (κ2) is 7.81. The van der Waals surface area contributed by atoms with Gasteiger partial charge >= 0.3 is 6.09 Å². The summed E-state index contributed by atoms with van der Waals surface area (Å²) in [4.78, 5) is 16.4. The monoisotopic (exact) mass is 327 g/mol. The predicted octanol–water partition coefficient (Wildman–Crippen LogP) is 1.69. The van der Waals surface area contributed by atoms with E-state index in [0.717, 1.165) is 6.54 Å². The summed E-state index contributed by atoms with van der Waals surface area (Å²) in [7, 11) is 3.91. The Bertz CT molecular complexity index is 397. The van der Waals surface area contributed by atoms with Crippen LogP contribution in [0, 0.1) is 0 Å². The number of methoxy groups -OCH3 is 1. The standard InChI is InChI=1S/C17H33N3O3/c1-17(2,3)23-16(21)20-11-14(15(12-20)22-5)18-10-13-8-6-7-9-19(13)4/h13-15,18H,6-12H2,1-5H3/t13?,14?,15-/m0/s1. The fourth-order valence-corrected chi connectivity index (χ4v) is 3.37. The molecule has 0 aliphatic carbocycles. The van der Waals surface area contributed by atoms with Crippen LogP contribution in [0.4, 0.5) is 4.79 Å². The third-order valence-electron chi connectivity index (χ3n) is 4.76. The highest BCUT2D eigenvalue weighted by Gasteiger charge is 2.37. The number of rotatable bonds is 4. The van der Waals surface area contributed by atoms with E-state index in [2.05, 4.69) is 17.3 Å². The molecule has 1 amide bonds. The highest BCUT2D eigenvalue weighted by molar-refractivity contribution is 5.68. The number of carbonyl (C=O) groups excluding carboxylic acids is 1. The molecule has 2 saturated heterocycles. The highest BCUT2D eigenvalue weighted by atomic mass is 16.6. The van der Waals surface area contributed by atoms with Gasteiger partial charge in [0.1, 0.15) is 5.60 Å². The van der Waals surface area contributed by atoms with Gasteiger partial charge in [-0.2, -0.15) is 0 Å². The van der Waals surface area contributed by atoms with Crippen molar-refractivity contribution < 1.29 is 14.3 Å². The molecule has 0 aromatic carbocycles. The Morgan fingerprint density at radius 1 is 1.26 bits per heavy atom. The summed E-state index contributed by atoms with van der Waals surface area (Å²) >= 11 is 0. The largest absolute Gasteiger partial charge is 0.444 e. The molecule has 6 heteroatoms. The molecule has 0 aromatic rings. The maximum absolute atomic E-state index is 12.2. The Morgan fingerprint density at radius 3 is 2.61 bits per heavy atom. The molecule has 2 heterocycles. The first-order valence-electron chi connectivity index (χ1n) is 8.74. The molecule has 1 N–H and O–H groups in total. The van der Waals surface area contributed by atoms with E-state index in [1.807, 2.05) is 20.8 Å². The summed E-state index contributed by atoms with van der Waals surface area (Å²) in [6.45, 7) is 9.03. The molecule has 3 atom stereocenters. The van der Waals surface area contributed by atoms with Gasteiger partial charge in [0.15, 0.2) is 0 Å². The topological polar surface area (TPSA) is 54.0 Å². The average Bonchev–Trinajstić information content (AvgIpc) is 2.88. The third-order valence-corrected chi connectivity index (χ3v) is 4.76. The summed E-state index contributed by atoms with van der Waals surface area (Å²) in [5.41, 5.74) is -0.462. The molecule has 2 aliphatic rings. The van der Waals surface area contributed by atoms with Gasteiger partial charge in [0.2, 0.25) is 0 Å². The van der Waals surface area contributed by atoms with Crippen molar-refractivity contribution >= 4 is 6.09 Å². The summed E-state index contributed by atoms with van der Waals surface area (Å²) in [5, 5.41) is 3.61. The van der Waals surface area contributed by atoms with Crippen LogP contribution in [0.25, 0.3) is 0 Å². The minimum Gasteiger partial charge on any atom is -0.444 e. The number of carbonyl (C=O) groups is 1. The van der Waals surface area contributed by atoms with Crippen molar-refractivity contribution in [2.45, 2.75) is 63.8 Å². The minimum absolute atomic E-state index is 0.0245. The molecule has 0 spiro atoms. The van der Waals surface area contributed by atoms with Crippen molar-refractivity contribution in [1.29, 1.82) is 0 Å². The van der Waals surface area contributed by atoms with Gasteiger partial charge < -0.3 is 24.6 Å². The first kappa shape index (κ1) is 18.5. The van der Waals surface area contributed by atoms with Crippen LogP contribution in [0.3, 0.4) is 0 Å². The normalized spacial score (nSPS) is 29.8. The zero-order valence-corrected chi connectivity index (χ0v) is 15.3. The molecule has 2 aliphatic heterocycles. The second-order valence-electron chi connectivity index (χ2n) is 7.80. The molecule has 6 nitrogen and oxygen atoms in total. The zero-order chi connectivity index (χ0) is 17.0. The van der Waals surface area contributed by atoms with E-state index in [4.69, 9.17) is 9.47 Å². The maximum atomic E-state index is 12.2. The Balaban J connectivity index is 1.85. The van der Waals surface area contributed by atoms with E-state index >= 15 is 0 Å². The quantitative estimate of drug-likeness (QED) is 0.852. The first-order chi connectivity index (χ1) is 10.8. The van der Waals surface area contributed by atoms with Gasteiger partial charge in [0, 0.05) is 26.2 Å². The average molecular weight is 327 g/mol. The molecular weight excluding hydrogens is 294 g/mol. The number of likely N-dealkylation sites (N-methyl/N-ethyl adjacent to an activating group) is 1. The molecule has 0 aromatic heterocycles. The van der Waals surface area contributed by atoms with Crippen LogP contribution < -0.4 is 5.32 Å². The van der Waals surface area contributed by atoms with Crippen LogP contribution in [0.15, 0.2) is 0 Å². The van der Waals surface area contributed by atoms with E-state index in [1.54, 1.807) is 12.0 Å². The van der Waals surface area contributed by atoms with Crippen LogP contribution in [0.1, 0.15) is 40.0 Å². The smallest absolute Gasteiger partial charge is 0.410 e. The molecular formula is C17H33N3O3. The third kappa shape index (κ3) is 5.33. The maximum Gasteiger partial charge on any atom is 0.410 e. The lowest BCUT2D eigenvalue weighted by Gasteiger charge is -2.33. The number of hydrogen-bond acceptors (Lipinski definition) is 5. The number of nitrogens with one attached hydrogen (secondary N) is 1. The van der Waals surface area contributed by atoms with Crippen molar-refractivity contribution in [2.24, 2.45) is 0 Å². The van der Waals surface area contributed by atoms with Crippen molar-refractivity contribution in [3.63, 3.8) is 0 Å². The molecule has 134 valence electrons. The van der Waals surface area contributed by atoms with Gasteiger partial charge in [-0.25, -0.2) is 4.79 Å². The fraction of sp³-hybridized carbons (Fsp3) is 0.941. The number of piperidine rings is 1. The number of nitrogens with zero attached hydrogens (tertiary/aromatic N) is 2. The Morgan fingerprint density at radius 2 is 2.00 bits per heavy atom. The molecule has 0 bridgehead atoms. The lowest BCUT2D eigenvalue weighted by atomic mass is 10.0. The Kier molecular flexibility index (Phi) is 6.28. The van der Waals surface area contributed by atoms with Crippen LogP contribution in [0.2, 0.25) is 0 Å². The van der Waals surface area contributed by atoms with Gasteiger partial charge in [-0.3, -0.25) is 0 Å². The molecule has 2 rings (SSSR count). The number of amides is 1. The van der Waals surface area contributed by atoms with Crippen molar-refractivity contribution in [3.8, 4) is 0 Å². The molecule has 2 unspecified atom stereocenters. The van der Waals surface area contributed by atoms with E-state index in [-0.39, 0.29) is 18.2 Å². The van der Waals surface area contributed by atoms with Crippen LogP contribution in [-0.2, 0) is 9.47 Å². The summed E-state index contributed by atoms with van der Waals surface area (Å²) in [5.74, 6) is 0. The van der Waals surface area contributed by atoms with Crippen molar-refractivity contribution in [1.82, 2.24) is 15.1 Å². The Hall–Kier alpha value is -0.850. The van der Waals surface area contributed by atoms with Crippen LogP contribution >= 0.6 is 0 Å². The van der Waals surface area contributed by atoms with Crippen molar-refractivity contribution in [3.05, 3.63) is 0 Å². The number of likely N-dealkylation sites (tertiary alicyclic amines) is 2. The van der Waals surface area contributed by atoms with E-state index in [0.29, 0.717) is 19.1 Å². The van der Waals surface area contributed by atoms with Gasteiger partial charge in [0.05, 0.1) is 18.7 Å². The van der Waals surface area contributed by atoms with E-state index < -0.39 is 5.60 Å². The van der Waals surface area contributed by atoms with E-state index in [9.17, 15) is 4.79 Å². The van der Waals surface area contributed by atoms with Gasteiger partial charge in [0.25, 0.3) is 0 Å². The summed E-state index contributed by atoms with van der Waals surface area (Å²) in [6.07, 6.45) is 3.61. The van der Waals surface area contributed by atoms with Crippen LogP contribution in [-0.4, -0.2) is 80.0 Å². The summed E-state index contributed by atoms with van der Waals surface area (Å²) < 4.78 is 11.0. The SMILES string of the molecule is CO[C@H]1CN(C(=O)OC(C)(C)C)CC1NCC1CCCCN1C. The fourth-order valence-electron chi connectivity index (χ4n) is 3.37. The number of hydrogen-bond donors (Lipinski definition) is 1. The highest BCUT2D eigenvalue weighted by Crippen LogP contribution is 2.19. The molecule has 23 heavy (non-hydrogen) atoms. The molecule has 0 radical (unpaired) electrons. The number of ether oxygens (including phenoxy) is 2. The minimum atomic E-state index is -0.462. The predicted molar refractivity (Wildman–Crippen MR) is 90.7 cm³/mol. The van der Waals surface area contributed by atoms with Gasteiger partial charge in [-0.05, 0) is 47.2 Å².